The van der Waals surface area contributed by atoms with Crippen molar-refractivity contribution in [1.29, 1.82) is 0 Å². The smallest absolute Gasteiger partial charge is 0.262 e. The summed E-state index contributed by atoms with van der Waals surface area (Å²) < 4.78 is 6.95. The van der Waals surface area contributed by atoms with E-state index in [1.165, 1.54) is 11.8 Å². The van der Waals surface area contributed by atoms with Gasteiger partial charge in [-0.25, -0.2) is 4.98 Å². The van der Waals surface area contributed by atoms with E-state index in [1.54, 1.807) is 17.0 Å². The molecular formula is C20H18N4O2S. The highest BCUT2D eigenvalue weighted by Gasteiger charge is 2.15. The molecule has 7 heteroatoms. The van der Waals surface area contributed by atoms with Gasteiger partial charge < -0.3 is 4.52 Å². The third-order valence-electron chi connectivity index (χ3n) is 4.42. The molecule has 0 saturated heterocycles. The van der Waals surface area contributed by atoms with Gasteiger partial charge >= 0.3 is 0 Å². The molecule has 136 valence electrons. The monoisotopic (exact) mass is 378 g/mol. The molecule has 27 heavy (non-hydrogen) atoms. The average molecular weight is 378 g/mol. The van der Waals surface area contributed by atoms with Crippen molar-refractivity contribution in [3.63, 3.8) is 0 Å². The molecule has 0 radical (unpaired) electrons. The Labute approximate surface area is 160 Å². The van der Waals surface area contributed by atoms with Crippen molar-refractivity contribution in [2.24, 2.45) is 0 Å². The maximum absolute atomic E-state index is 13.1. The van der Waals surface area contributed by atoms with E-state index < -0.39 is 0 Å². The molecule has 0 unspecified atom stereocenters. The van der Waals surface area contributed by atoms with E-state index in [0.29, 0.717) is 28.4 Å². The van der Waals surface area contributed by atoms with E-state index in [-0.39, 0.29) is 5.56 Å². The first-order valence-corrected chi connectivity index (χ1v) is 9.55. The first kappa shape index (κ1) is 17.5. The van der Waals surface area contributed by atoms with Crippen LogP contribution in [0.25, 0.3) is 10.9 Å². The fraction of sp³-hybridized carbons (Fsp3) is 0.200. The maximum Gasteiger partial charge on any atom is 0.262 e. The predicted octanol–water partition coefficient (Wildman–Crippen LogP) is 3.74. The molecule has 0 fully saturated rings. The molecule has 4 aromatic rings. The van der Waals surface area contributed by atoms with Crippen LogP contribution in [0, 0.1) is 13.8 Å². The summed E-state index contributed by atoms with van der Waals surface area (Å²) in [6, 6.07) is 11.3. The molecule has 1 aromatic carbocycles. The lowest BCUT2D eigenvalue weighted by Crippen LogP contribution is -2.24. The summed E-state index contributed by atoms with van der Waals surface area (Å²) in [5.41, 5.74) is 3.50. The minimum Gasteiger partial charge on any atom is -0.361 e. The van der Waals surface area contributed by atoms with Crippen molar-refractivity contribution in [2.45, 2.75) is 31.3 Å². The fourth-order valence-electron chi connectivity index (χ4n) is 2.92. The number of rotatable bonds is 5. The Hall–Kier alpha value is -2.93. The Morgan fingerprint density at radius 1 is 1.15 bits per heavy atom. The van der Waals surface area contributed by atoms with Crippen LogP contribution in [-0.2, 0) is 12.3 Å². The van der Waals surface area contributed by atoms with Crippen LogP contribution in [0.1, 0.15) is 22.6 Å². The van der Waals surface area contributed by atoms with E-state index in [9.17, 15) is 4.79 Å². The predicted molar refractivity (Wildman–Crippen MR) is 105 cm³/mol. The fourth-order valence-corrected chi connectivity index (χ4v) is 4.07. The van der Waals surface area contributed by atoms with Crippen LogP contribution in [0.2, 0.25) is 0 Å². The summed E-state index contributed by atoms with van der Waals surface area (Å²) in [5.74, 6) is 1.43. The Balaban J connectivity index is 1.77. The van der Waals surface area contributed by atoms with E-state index in [0.717, 1.165) is 22.6 Å². The number of nitrogens with zero attached hydrogens (tertiary/aromatic N) is 4. The Bertz CT molecular complexity index is 1130. The first-order valence-electron chi connectivity index (χ1n) is 8.56. The molecule has 4 rings (SSSR count). The summed E-state index contributed by atoms with van der Waals surface area (Å²) in [4.78, 5) is 22.0. The maximum atomic E-state index is 13.1. The molecule has 0 bridgehead atoms. The lowest BCUT2D eigenvalue weighted by molar-refractivity contribution is 0.392. The highest BCUT2D eigenvalue weighted by atomic mass is 32.2. The van der Waals surface area contributed by atoms with Gasteiger partial charge in [-0.05, 0) is 37.6 Å². The van der Waals surface area contributed by atoms with Crippen molar-refractivity contribution < 1.29 is 4.52 Å². The van der Waals surface area contributed by atoms with Crippen molar-refractivity contribution in [3.8, 4) is 0 Å². The quantitative estimate of drug-likeness (QED) is 0.389. The minimum absolute atomic E-state index is 0.0503. The van der Waals surface area contributed by atoms with Gasteiger partial charge in [-0.15, -0.1) is 0 Å². The number of thioether (sulfide) groups is 1. The number of aryl methyl sites for hydroxylation is 2. The van der Waals surface area contributed by atoms with Gasteiger partial charge in [0, 0.05) is 23.7 Å². The van der Waals surface area contributed by atoms with Gasteiger partial charge in [0.2, 0.25) is 0 Å². The third kappa shape index (κ3) is 3.50. The average Bonchev–Trinajstić information content (AvgIpc) is 3.01. The van der Waals surface area contributed by atoms with Crippen LogP contribution < -0.4 is 5.56 Å². The van der Waals surface area contributed by atoms with Gasteiger partial charge in [0.25, 0.3) is 5.56 Å². The highest BCUT2D eigenvalue weighted by Crippen LogP contribution is 2.26. The molecule has 6 nitrogen and oxygen atoms in total. The number of aromatic nitrogens is 4. The molecule has 0 atom stereocenters. The van der Waals surface area contributed by atoms with Crippen LogP contribution in [0.15, 0.2) is 63.3 Å². The molecule has 0 saturated carbocycles. The number of hydrogen-bond donors (Lipinski definition) is 0. The summed E-state index contributed by atoms with van der Waals surface area (Å²) in [6.07, 6.45) is 3.49. The van der Waals surface area contributed by atoms with Gasteiger partial charge in [0.05, 0.1) is 23.1 Å². The normalized spacial score (nSPS) is 11.2. The molecule has 0 N–H and O–H groups in total. The van der Waals surface area contributed by atoms with Crippen LogP contribution in [0.4, 0.5) is 0 Å². The van der Waals surface area contributed by atoms with Gasteiger partial charge in [-0.1, -0.05) is 35.1 Å². The molecule has 0 aliphatic carbocycles. The zero-order valence-electron chi connectivity index (χ0n) is 15.0. The molecule has 3 heterocycles. The second-order valence-electron chi connectivity index (χ2n) is 6.26. The zero-order chi connectivity index (χ0) is 18.8. The molecule has 0 amide bonds. The zero-order valence-corrected chi connectivity index (χ0v) is 15.9. The summed E-state index contributed by atoms with van der Waals surface area (Å²) in [6.45, 7) is 4.24. The second-order valence-corrected chi connectivity index (χ2v) is 7.20. The van der Waals surface area contributed by atoms with Gasteiger partial charge in [0.1, 0.15) is 5.76 Å². The number of pyridine rings is 1. The summed E-state index contributed by atoms with van der Waals surface area (Å²) >= 11 is 1.51. The molecular weight excluding hydrogens is 360 g/mol. The van der Waals surface area contributed by atoms with Crippen molar-refractivity contribution >= 4 is 22.7 Å². The lowest BCUT2D eigenvalue weighted by atomic mass is 10.2. The number of benzene rings is 1. The Morgan fingerprint density at radius 3 is 2.74 bits per heavy atom. The van der Waals surface area contributed by atoms with E-state index >= 15 is 0 Å². The highest BCUT2D eigenvalue weighted by molar-refractivity contribution is 7.98. The van der Waals surface area contributed by atoms with E-state index in [4.69, 9.17) is 9.51 Å². The van der Waals surface area contributed by atoms with Crippen molar-refractivity contribution in [2.75, 3.05) is 0 Å². The third-order valence-corrected chi connectivity index (χ3v) is 5.42. The summed E-state index contributed by atoms with van der Waals surface area (Å²) in [5, 5.41) is 5.28. The van der Waals surface area contributed by atoms with Crippen LogP contribution >= 0.6 is 11.8 Å². The second kappa shape index (κ2) is 7.36. The molecule has 0 aliphatic rings. The minimum atomic E-state index is -0.0503. The SMILES string of the molecule is Cc1noc(C)c1CSc1nc2ccccc2c(=O)n1Cc1cccnc1. The number of hydrogen-bond acceptors (Lipinski definition) is 6. The van der Waals surface area contributed by atoms with Gasteiger partial charge in [-0.2, -0.15) is 0 Å². The van der Waals surface area contributed by atoms with Crippen molar-refractivity contribution in [1.82, 2.24) is 19.7 Å². The number of fused-ring (bicyclic) bond motifs is 1. The molecule has 0 aliphatic heterocycles. The van der Waals surface area contributed by atoms with E-state index in [2.05, 4.69) is 10.1 Å². The Kier molecular flexibility index (Phi) is 4.77. The van der Waals surface area contributed by atoms with Gasteiger partial charge in [-0.3, -0.25) is 14.3 Å². The van der Waals surface area contributed by atoms with E-state index in [1.807, 2.05) is 50.2 Å². The largest absolute Gasteiger partial charge is 0.361 e. The Morgan fingerprint density at radius 2 is 2.00 bits per heavy atom. The topological polar surface area (TPSA) is 73.8 Å². The first-order chi connectivity index (χ1) is 13.1. The lowest BCUT2D eigenvalue weighted by Gasteiger charge is -2.13. The molecule has 0 spiro atoms. The van der Waals surface area contributed by atoms with Crippen molar-refractivity contribution in [3.05, 3.63) is 81.7 Å². The molecule has 3 aromatic heterocycles. The summed E-state index contributed by atoms with van der Waals surface area (Å²) in [7, 11) is 0. The van der Waals surface area contributed by atoms with Crippen LogP contribution in [0.5, 0.6) is 0 Å². The van der Waals surface area contributed by atoms with Crippen LogP contribution in [0.3, 0.4) is 0 Å². The van der Waals surface area contributed by atoms with Crippen LogP contribution in [-0.4, -0.2) is 19.7 Å². The standard InChI is InChI=1S/C20H18N4O2S/c1-13-17(14(2)26-23-13)12-27-20-22-18-8-4-3-7-16(18)19(25)24(20)11-15-6-5-9-21-10-15/h3-10H,11-12H2,1-2H3. The number of para-hydroxylation sites is 1. The van der Waals surface area contributed by atoms with Gasteiger partial charge in [0.15, 0.2) is 5.16 Å².